The van der Waals surface area contributed by atoms with E-state index in [-0.39, 0.29) is 36.3 Å². The molecule has 1 heterocycles. The molecule has 0 saturated heterocycles. The molecule has 0 aliphatic heterocycles. The minimum Gasteiger partial charge on any atom is -0.329 e. The summed E-state index contributed by atoms with van der Waals surface area (Å²) in [5.74, 6) is -0.353. The van der Waals surface area contributed by atoms with Gasteiger partial charge in [0.2, 0.25) is 10.0 Å². The summed E-state index contributed by atoms with van der Waals surface area (Å²) in [6.07, 6.45) is 3.08. The highest BCUT2D eigenvalue weighted by molar-refractivity contribution is 7.89. The molecule has 1 amide bonds. The van der Waals surface area contributed by atoms with Crippen LogP contribution in [0.3, 0.4) is 0 Å². The summed E-state index contributed by atoms with van der Waals surface area (Å²) >= 11 is 0. The molecule has 0 spiro atoms. The van der Waals surface area contributed by atoms with Gasteiger partial charge in [0.05, 0.1) is 16.7 Å². The summed E-state index contributed by atoms with van der Waals surface area (Å²) in [7, 11) is -3.64. The van der Waals surface area contributed by atoms with Crippen LogP contribution in [0.15, 0.2) is 41.6 Å². The van der Waals surface area contributed by atoms with Gasteiger partial charge in [-0.15, -0.1) is 12.4 Å². The van der Waals surface area contributed by atoms with Crippen molar-refractivity contribution < 1.29 is 13.2 Å². The Balaban J connectivity index is 0.00000288. The third-order valence-electron chi connectivity index (χ3n) is 3.06. The predicted molar refractivity (Wildman–Crippen MR) is 93.8 cm³/mol. The van der Waals surface area contributed by atoms with E-state index in [4.69, 9.17) is 5.73 Å². The Morgan fingerprint density at radius 2 is 2.12 bits per heavy atom. The van der Waals surface area contributed by atoms with Crippen molar-refractivity contribution in [3.63, 3.8) is 0 Å². The minimum absolute atomic E-state index is 0. The van der Waals surface area contributed by atoms with Crippen molar-refractivity contribution in [1.29, 1.82) is 0 Å². The molecule has 1 aromatic carbocycles. The van der Waals surface area contributed by atoms with Gasteiger partial charge in [-0.2, -0.15) is 5.10 Å². The lowest BCUT2D eigenvalue weighted by molar-refractivity contribution is 0.102. The second-order valence-electron chi connectivity index (χ2n) is 4.75. The lowest BCUT2D eigenvalue weighted by Gasteiger charge is -2.08. The Hall–Kier alpha value is -1.94. The average Bonchev–Trinajstić information content (AvgIpc) is 3.02. The fraction of sp³-hybridized carbons (Fsp3) is 0.286. The second-order valence-corrected chi connectivity index (χ2v) is 6.52. The zero-order valence-corrected chi connectivity index (χ0v) is 14.7. The Bertz CT molecular complexity index is 791. The molecule has 0 unspecified atom stereocenters. The quantitative estimate of drug-likeness (QED) is 0.663. The van der Waals surface area contributed by atoms with Gasteiger partial charge < -0.3 is 11.1 Å². The third kappa shape index (κ3) is 5.03. The maximum absolute atomic E-state index is 12.1. The summed E-state index contributed by atoms with van der Waals surface area (Å²) in [6, 6.07) is 6.01. The maximum atomic E-state index is 12.1. The number of aryl methyl sites for hydroxylation is 1. The van der Waals surface area contributed by atoms with E-state index in [0.29, 0.717) is 17.8 Å². The first kappa shape index (κ1) is 20.1. The number of rotatable bonds is 7. The van der Waals surface area contributed by atoms with Crippen LogP contribution < -0.4 is 15.8 Å². The maximum Gasteiger partial charge on any atom is 0.258 e. The molecule has 0 atom stereocenters. The number of amides is 1. The van der Waals surface area contributed by atoms with Crippen molar-refractivity contribution in [3.05, 3.63) is 42.2 Å². The van der Waals surface area contributed by atoms with Crippen LogP contribution in [0.4, 0.5) is 5.69 Å². The van der Waals surface area contributed by atoms with E-state index < -0.39 is 10.0 Å². The van der Waals surface area contributed by atoms with E-state index in [1.54, 1.807) is 23.0 Å². The molecule has 132 valence electrons. The number of nitrogens with two attached hydrogens (primary N) is 1. The molecule has 0 aliphatic rings. The van der Waals surface area contributed by atoms with Crippen molar-refractivity contribution in [1.82, 2.24) is 14.5 Å². The molecule has 2 aromatic rings. The van der Waals surface area contributed by atoms with Crippen molar-refractivity contribution in [3.8, 4) is 0 Å². The SMILES string of the molecule is CCn1cc(C(=O)Nc2cccc(S(=O)(=O)NCCN)c2)cn1.Cl. The summed E-state index contributed by atoms with van der Waals surface area (Å²) in [6.45, 7) is 2.93. The molecule has 4 N–H and O–H groups in total. The zero-order chi connectivity index (χ0) is 16.9. The molecule has 0 radical (unpaired) electrons. The number of hydrogen-bond donors (Lipinski definition) is 3. The first-order valence-corrected chi connectivity index (χ1v) is 8.58. The minimum atomic E-state index is -3.64. The monoisotopic (exact) mass is 373 g/mol. The highest BCUT2D eigenvalue weighted by Gasteiger charge is 2.15. The van der Waals surface area contributed by atoms with Gasteiger partial charge in [0.1, 0.15) is 0 Å². The Morgan fingerprint density at radius 3 is 2.75 bits per heavy atom. The standard InChI is InChI=1S/C14H19N5O3S.ClH/c1-2-19-10-11(9-16-19)14(20)18-12-4-3-5-13(8-12)23(21,22)17-7-6-15;/h3-5,8-10,17H,2,6-7,15H2,1H3,(H,18,20);1H. The first-order chi connectivity index (χ1) is 11.0. The van der Waals surface area contributed by atoms with Crippen LogP contribution in [0.1, 0.15) is 17.3 Å². The van der Waals surface area contributed by atoms with Gasteiger partial charge in [-0.25, -0.2) is 13.1 Å². The highest BCUT2D eigenvalue weighted by atomic mass is 35.5. The fourth-order valence-corrected chi connectivity index (χ4v) is 2.97. The number of halogens is 1. The third-order valence-corrected chi connectivity index (χ3v) is 4.52. The van der Waals surface area contributed by atoms with E-state index in [1.807, 2.05) is 6.92 Å². The van der Waals surface area contributed by atoms with E-state index >= 15 is 0 Å². The Labute approximate surface area is 146 Å². The fourth-order valence-electron chi connectivity index (χ4n) is 1.87. The van der Waals surface area contributed by atoms with Gasteiger partial charge in [-0.05, 0) is 25.1 Å². The lowest BCUT2D eigenvalue weighted by Crippen LogP contribution is -2.29. The van der Waals surface area contributed by atoms with E-state index in [1.165, 1.54) is 18.3 Å². The second kappa shape index (κ2) is 8.78. The molecular weight excluding hydrogens is 354 g/mol. The molecule has 0 fully saturated rings. The van der Waals surface area contributed by atoms with Crippen LogP contribution in [-0.4, -0.2) is 37.2 Å². The van der Waals surface area contributed by atoms with Gasteiger partial charge in [0.15, 0.2) is 0 Å². The van der Waals surface area contributed by atoms with Crippen LogP contribution in [-0.2, 0) is 16.6 Å². The number of benzene rings is 1. The van der Waals surface area contributed by atoms with E-state index in [2.05, 4.69) is 15.1 Å². The molecule has 0 saturated carbocycles. The normalized spacial score (nSPS) is 10.9. The smallest absolute Gasteiger partial charge is 0.258 e. The summed E-state index contributed by atoms with van der Waals surface area (Å²) in [5, 5.41) is 6.68. The number of sulfonamides is 1. The predicted octanol–water partition coefficient (Wildman–Crippen LogP) is 0.814. The number of anilines is 1. The van der Waals surface area contributed by atoms with Gasteiger partial charge in [0, 0.05) is 31.5 Å². The number of nitrogens with zero attached hydrogens (tertiary/aromatic N) is 2. The summed E-state index contributed by atoms with van der Waals surface area (Å²) in [4.78, 5) is 12.2. The van der Waals surface area contributed by atoms with Gasteiger partial charge >= 0.3 is 0 Å². The van der Waals surface area contributed by atoms with E-state index in [0.717, 1.165) is 0 Å². The van der Waals surface area contributed by atoms with Crippen LogP contribution >= 0.6 is 12.4 Å². The van der Waals surface area contributed by atoms with Gasteiger partial charge in [-0.3, -0.25) is 9.48 Å². The Kier molecular flexibility index (Phi) is 7.36. The number of hydrogen-bond acceptors (Lipinski definition) is 5. The number of aromatic nitrogens is 2. The van der Waals surface area contributed by atoms with Crippen molar-refractivity contribution in [2.24, 2.45) is 5.73 Å². The zero-order valence-electron chi connectivity index (χ0n) is 13.1. The van der Waals surface area contributed by atoms with Crippen molar-refractivity contribution >= 4 is 34.0 Å². The molecular formula is C14H20ClN5O3S. The van der Waals surface area contributed by atoms with Crippen LogP contribution in [0.5, 0.6) is 0 Å². The number of carbonyl (C=O) groups excluding carboxylic acids is 1. The summed E-state index contributed by atoms with van der Waals surface area (Å²) in [5.41, 5.74) is 6.08. The molecule has 24 heavy (non-hydrogen) atoms. The average molecular weight is 374 g/mol. The van der Waals surface area contributed by atoms with Crippen LogP contribution in [0.25, 0.3) is 0 Å². The van der Waals surface area contributed by atoms with Gasteiger partial charge in [-0.1, -0.05) is 6.07 Å². The molecule has 10 heteroatoms. The number of nitrogens with one attached hydrogen (secondary N) is 2. The molecule has 1 aromatic heterocycles. The highest BCUT2D eigenvalue weighted by Crippen LogP contribution is 2.16. The largest absolute Gasteiger partial charge is 0.329 e. The first-order valence-electron chi connectivity index (χ1n) is 7.10. The number of carbonyl (C=O) groups is 1. The molecule has 8 nitrogen and oxygen atoms in total. The molecule has 2 rings (SSSR count). The van der Waals surface area contributed by atoms with Crippen LogP contribution in [0.2, 0.25) is 0 Å². The molecule has 0 aliphatic carbocycles. The van der Waals surface area contributed by atoms with Crippen molar-refractivity contribution in [2.45, 2.75) is 18.4 Å². The van der Waals surface area contributed by atoms with Crippen molar-refractivity contribution in [2.75, 3.05) is 18.4 Å². The van der Waals surface area contributed by atoms with E-state index in [9.17, 15) is 13.2 Å². The molecule has 0 bridgehead atoms. The van der Waals surface area contributed by atoms with Crippen LogP contribution in [0, 0.1) is 0 Å². The Morgan fingerprint density at radius 1 is 1.38 bits per heavy atom. The summed E-state index contributed by atoms with van der Waals surface area (Å²) < 4.78 is 28.1. The topological polar surface area (TPSA) is 119 Å². The lowest BCUT2D eigenvalue weighted by atomic mass is 10.3. The van der Waals surface area contributed by atoms with Gasteiger partial charge in [0.25, 0.3) is 5.91 Å².